The number of hydrogen-bond donors (Lipinski definition) is 2. The summed E-state index contributed by atoms with van der Waals surface area (Å²) in [5.74, 6) is -0.202. The molecule has 0 heterocycles. The normalized spacial score (nSPS) is 33.0. The predicted molar refractivity (Wildman–Crippen MR) is 60.0 cm³/mol. The van der Waals surface area contributed by atoms with Gasteiger partial charge < -0.3 is 14.9 Å². The van der Waals surface area contributed by atoms with Crippen LogP contribution in [-0.4, -0.2) is 40.4 Å². The predicted octanol–water partition coefficient (Wildman–Crippen LogP) is 0.590. The molecule has 0 saturated heterocycles. The summed E-state index contributed by atoms with van der Waals surface area (Å²) in [5.41, 5.74) is -2.76. The Morgan fingerprint density at radius 3 is 2.50 bits per heavy atom. The molecule has 0 aromatic carbocycles. The topological polar surface area (TPSA) is 66.8 Å². The lowest BCUT2D eigenvalue weighted by molar-refractivity contribution is -0.164. The van der Waals surface area contributed by atoms with Gasteiger partial charge in [-0.15, -0.1) is 0 Å². The van der Waals surface area contributed by atoms with Crippen LogP contribution in [0.5, 0.6) is 0 Å². The van der Waals surface area contributed by atoms with Gasteiger partial charge >= 0.3 is 0 Å². The molecule has 0 radical (unpaired) electrons. The fourth-order valence-electron chi connectivity index (χ4n) is 1.85. The Morgan fingerprint density at radius 1 is 1.38 bits per heavy atom. The quantitative estimate of drug-likeness (QED) is 0.720. The highest BCUT2D eigenvalue weighted by molar-refractivity contribution is 5.91. The van der Waals surface area contributed by atoms with Crippen molar-refractivity contribution in [3.05, 3.63) is 24.3 Å². The first-order valence-electron chi connectivity index (χ1n) is 5.37. The second-order valence-electron chi connectivity index (χ2n) is 3.95. The highest BCUT2D eigenvalue weighted by atomic mass is 16.5. The highest BCUT2D eigenvalue weighted by Crippen LogP contribution is 2.34. The number of aliphatic hydroxyl groups excluding tert-OH is 1. The van der Waals surface area contributed by atoms with Crippen LogP contribution < -0.4 is 0 Å². The summed E-state index contributed by atoms with van der Waals surface area (Å²) in [4.78, 5) is 12.0. The van der Waals surface area contributed by atoms with E-state index in [-0.39, 0.29) is 25.4 Å². The van der Waals surface area contributed by atoms with Gasteiger partial charge in [0.2, 0.25) is 0 Å². The summed E-state index contributed by atoms with van der Waals surface area (Å²) < 4.78 is 5.40. The first kappa shape index (κ1) is 13.1. The van der Waals surface area contributed by atoms with Gasteiger partial charge in [-0.3, -0.25) is 4.79 Å². The van der Waals surface area contributed by atoms with E-state index in [1.54, 1.807) is 25.2 Å². The minimum atomic E-state index is -1.38. The van der Waals surface area contributed by atoms with Crippen molar-refractivity contribution in [1.29, 1.82) is 0 Å². The molecule has 1 aliphatic rings. The summed E-state index contributed by atoms with van der Waals surface area (Å²) >= 11 is 0. The maximum absolute atomic E-state index is 12.0. The van der Waals surface area contributed by atoms with E-state index >= 15 is 0 Å². The van der Waals surface area contributed by atoms with Crippen molar-refractivity contribution in [2.75, 3.05) is 13.2 Å². The van der Waals surface area contributed by atoms with Gasteiger partial charge in [-0.05, 0) is 19.1 Å². The van der Waals surface area contributed by atoms with Crippen molar-refractivity contribution in [2.45, 2.75) is 31.5 Å². The number of rotatable bonds is 5. The third-order valence-electron chi connectivity index (χ3n) is 2.77. The summed E-state index contributed by atoms with van der Waals surface area (Å²) in [6, 6.07) is 0. The van der Waals surface area contributed by atoms with Crippen LogP contribution in [-0.2, 0) is 9.53 Å². The number of hydrogen-bond acceptors (Lipinski definition) is 4. The average Bonchev–Trinajstić information content (AvgIpc) is 2.26. The molecule has 0 aromatic heterocycles. The van der Waals surface area contributed by atoms with E-state index in [2.05, 4.69) is 0 Å². The fraction of sp³-hybridized carbons (Fsp3) is 0.583. The van der Waals surface area contributed by atoms with E-state index in [1.165, 1.54) is 13.0 Å². The fourth-order valence-corrected chi connectivity index (χ4v) is 1.85. The van der Waals surface area contributed by atoms with E-state index in [0.717, 1.165) is 0 Å². The Balaban J connectivity index is 3.07. The van der Waals surface area contributed by atoms with Crippen molar-refractivity contribution in [2.24, 2.45) is 0 Å². The molecular formula is C12H18O4. The molecule has 4 heteroatoms. The first-order valence-corrected chi connectivity index (χ1v) is 5.37. The highest BCUT2D eigenvalue weighted by Gasteiger charge is 2.50. The maximum Gasteiger partial charge on any atom is 0.176 e. The number of Topliss-reactive ketones (excluding diaryl/α,β-unsaturated/α-hetero) is 1. The lowest BCUT2D eigenvalue weighted by atomic mass is 9.77. The number of allylic oxidation sites excluding steroid dienone is 2. The second-order valence-corrected chi connectivity index (χ2v) is 3.95. The van der Waals surface area contributed by atoms with Gasteiger partial charge in [0.1, 0.15) is 5.60 Å². The van der Waals surface area contributed by atoms with Gasteiger partial charge in [-0.1, -0.05) is 19.1 Å². The van der Waals surface area contributed by atoms with Crippen molar-refractivity contribution < 1.29 is 19.7 Å². The van der Waals surface area contributed by atoms with Crippen LogP contribution in [0.3, 0.4) is 0 Å². The first-order chi connectivity index (χ1) is 7.50. The SMILES string of the molecule is CCC(=O)C1(OCCO)C=CC=CC1(C)O. The molecule has 0 saturated carbocycles. The zero-order valence-electron chi connectivity index (χ0n) is 9.64. The molecule has 1 rings (SSSR count). The molecule has 0 fully saturated rings. The summed E-state index contributed by atoms with van der Waals surface area (Å²) in [6.45, 7) is 3.07. The molecule has 16 heavy (non-hydrogen) atoms. The minimum Gasteiger partial charge on any atom is -0.394 e. The number of ether oxygens (including phenoxy) is 1. The second kappa shape index (κ2) is 4.91. The Morgan fingerprint density at radius 2 is 2.00 bits per heavy atom. The van der Waals surface area contributed by atoms with E-state index in [0.29, 0.717) is 0 Å². The van der Waals surface area contributed by atoms with Gasteiger partial charge in [0.05, 0.1) is 13.2 Å². The number of carbonyl (C=O) groups is 1. The van der Waals surface area contributed by atoms with E-state index in [9.17, 15) is 9.90 Å². The number of carbonyl (C=O) groups excluding carboxylic acids is 1. The third-order valence-corrected chi connectivity index (χ3v) is 2.77. The standard InChI is InChI=1S/C12H18O4/c1-3-10(14)12(16-9-8-13)7-5-4-6-11(12,2)15/h4-7,13,15H,3,8-9H2,1-2H3. The van der Waals surface area contributed by atoms with Gasteiger partial charge in [0.15, 0.2) is 11.4 Å². The van der Waals surface area contributed by atoms with Crippen LogP contribution >= 0.6 is 0 Å². The maximum atomic E-state index is 12.0. The molecule has 2 atom stereocenters. The van der Waals surface area contributed by atoms with Gasteiger partial charge in [-0.25, -0.2) is 0 Å². The molecule has 2 unspecified atom stereocenters. The van der Waals surface area contributed by atoms with Crippen LogP contribution in [0.4, 0.5) is 0 Å². The Kier molecular flexibility index (Phi) is 4.02. The van der Waals surface area contributed by atoms with Gasteiger partial charge in [-0.2, -0.15) is 0 Å². The molecule has 0 spiro atoms. The Hall–Kier alpha value is -0.970. The Labute approximate surface area is 95.2 Å². The van der Waals surface area contributed by atoms with E-state index in [4.69, 9.17) is 9.84 Å². The number of ketones is 1. The van der Waals surface area contributed by atoms with Crippen LogP contribution in [0, 0.1) is 0 Å². The van der Waals surface area contributed by atoms with Crippen LogP contribution in [0.25, 0.3) is 0 Å². The van der Waals surface area contributed by atoms with Gasteiger partial charge in [0.25, 0.3) is 0 Å². The van der Waals surface area contributed by atoms with Crippen LogP contribution in [0.1, 0.15) is 20.3 Å². The molecule has 0 amide bonds. The summed E-state index contributed by atoms with van der Waals surface area (Å²) in [7, 11) is 0. The third kappa shape index (κ3) is 2.09. The summed E-state index contributed by atoms with van der Waals surface area (Å²) in [6.07, 6.45) is 6.68. The lowest BCUT2D eigenvalue weighted by Crippen LogP contribution is -2.58. The molecule has 4 nitrogen and oxygen atoms in total. The smallest absolute Gasteiger partial charge is 0.176 e. The molecule has 1 aliphatic carbocycles. The van der Waals surface area contributed by atoms with Crippen molar-refractivity contribution >= 4 is 5.78 Å². The molecule has 90 valence electrons. The van der Waals surface area contributed by atoms with Crippen LogP contribution in [0.2, 0.25) is 0 Å². The summed E-state index contributed by atoms with van der Waals surface area (Å²) in [5, 5.41) is 19.0. The van der Waals surface area contributed by atoms with E-state index in [1.807, 2.05) is 0 Å². The van der Waals surface area contributed by atoms with Crippen molar-refractivity contribution in [1.82, 2.24) is 0 Å². The monoisotopic (exact) mass is 226 g/mol. The van der Waals surface area contributed by atoms with Crippen molar-refractivity contribution in [3.8, 4) is 0 Å². The van der Waals surface area contributed by atoms with Crippen molar-refractivity contribution in [3.63, 3.8) is 0 Å². The molecule has 0 aliphatic heterocycles. The molecular weight excluding hydrogens is 208 g/mol. The largest absolute Gasteiger partial charge is 0.394 e. The minimum absolute atomic E-state index is 0.0140. The zero-order chi connectivity index (χ0) is 12.2. The van der Waals surface area contributed by atoms with Crippen LogP contribution in [0.15, 0.2) is 24.3 Å². The molecule has 0 bridgehead atoms. The van der Waals surface area contributed by atoms with Gasteiger partial charge in [0, 0.05) is 6.42 Å². The Bertz CT molecular complexity index is 317. The average molecular weight is 226 g/mol. The zero-order valence-corrected chi connectivity index (χ0v) is 9.64. The number of aliphatic hydroxyl groups is 2. The lowest BCUT2D eigenvalue weighted by Gasteiger charge is -2.41. The molecule has 2 N–H and O–H groups in total. The van der Waals surface area contributed by atoms with E-state index < -0.39 is 11.2 Å². The molecule has 0 aromatic rings.